The predicted molar refractivity (Wildman–Crippen MR) is 243 cm³/mol. The van der Waals surface area contributed by atoms with Crippen LogP contribution in [0.15, 0.2) is 187 Å². The average Bonchev–Trinajstić information content (AvgIpc) is 3.96. The third kappa shape index (κ3) is 5.19. The van der Waals surface area contributed by atoms with Gasteiger partial charge < -0.3 is 9.88 Å². The van der Waals surface area contributed by atoms with Crippen LogP contribution in [0.4, 0.5) is 0 Å². The van der Waals surface area contributed by atoms with E-state index in [0.717, 1.165) is 17.0 Å². The number of rotatable bonds is 5. The van der Waals surface area contributed by atoms with Crippen LogP contribution in [0, 0.1) is 0 Å². The summed E-state index contributed by atoms with van der Waals surface area (Å²) in [6.45, 7) is 0. The zero-order valence-electron chi connectivity index (χ0n) is 30.7. The van der Waals surface area contributed by atoms with Crippen LogP contribution >= 0.6 is 22.7 Å². The molecule has 0 amide bonds. The molecule has 1 aliphatic heterocycles. The summed E-state index contributed by atoms with van der Waals surface area (Å²) in [5, 5.41) is 15.4. The van der Waals surface area contributed by atoms with Gasteiger partial charge in [0, 0.05) is 73.5 Å². The van der Waals surface area contributed by atoms with Crippen molar-refractivity contribution in [2.24, 2.45) is 4.99 Å². The first-order valence-electron chi connectivity index (χ1n) is 19.4. The third-order valence-corrected chi connectivity index (χ3v) is 13.9. The predicted octanol–water partition coefficient (Wildman–Crippen LogP) is 13.5. The summed E-state index contributed by atoms with van der Waals surface area (Å²) in [7, 11) is 0. The van der Waals surface area contributed by atoms with Crippen LogP contribution < -0.4 is 10.6 Å². The minimum absolute atomic E-state index is 0.141. The Kier molecular flexibility index (Phi) is 7.45. The average molecular weight is 767 g/mol. The van der Waals surface area contributed by atoms with Crippen LogP contribution in [0.5, 0.6) is 0 Å². The molecule has 12 rings (SSSR count). The van der Waals surface area contributed by atoms with Crippen LogP contribution in [0.25, 0.3) is 79.0 Å². The molecule has 11 aromatic rings. The van der Waals surface area contributed by atoms with Crippen molar-refractivity contribution < 1.29 is 0 Å². The summed E-state index contributed by atoms with van der Waals surface area (Å²) < 4.78 is 7.59. The summed E-state index contributed by atoms with van der Waals surface area (Å²) >= 11 is 3.78. The number of para-hydroxylation sites is 2. The summed E-state index contributed by atoms with van der Waals surface area (Å²) in [6.07, 6.45) is -0.327. The lowest BCUT2D eigenvalue weighted by Crippen LogP contribution is -2.45. The van der Waals surface area contributed by atoms with Crippen LogP contribution in [-0.4, -0.2) is 10.4 Å². The van der Waals surface area contributed by atoms with E-state index in [9.17, 15) is 0 Å². The van der Waals surface area contributed by atoms with E-state index in [2.05, 4.69) is 197 Å². The summed E-state index contributed by atoms with van der Waals surface area (Å²) in [5.74, 6) is 0.893. The number of aromatic nitrogens is 1. The van der Waals surface area contributed by atoms with Gasteiger partial charge in [0.05, 0.1) is 11.0 Å². The third-order valence-electron chi connectivity index (χ3n) is 11.5. The second-order valence-electron chi connectivity index (χ2n) is 14.7. The van der Waals surface area contributed by atoms with E-state index in [0.29, 0.717) is 0 Å². The van der Waals surface area contributed by atoms with Crippen molar-refractivity contribution in [1.29, 1.82) is 0 Å². The Balaban J connectivity index is 0.997. The largest absolute Gasteiger partial charge is 0.350 e. The molecule has 0 saturated carbocycles. The van der Waals surface area contributed by atoms with E-state index in [1.165, 1.54) is 84.5 Å². The highest BCUT2D eigenvalue weighted by Gasteiger charge is 2.28. The van der Waals surface area contributed by atoms with Gasteiger partial charge >= 0.3 is 0 Å². The molecule has 0 fully saturated rings. The molecule has 8 aromatic carbocycles. The highest BCUT2D eigenvalue weighted by molar-refractivity contribution is 7.27. The first-order valence-corrected chi connectivity index (χ1v) is 21.0. The lowest BCUT2D eigenvalue weighted by atomic mass is 9.97. The number of aliphatic imine (C=N–C) groups is 1. The fourth-order valence-electron chi connectivity index (χ4n) is 8.93. The fraction of sp³-hybridized carbons (Fsp3) is 0.0392. The van der Waals surface area contributed by atoms with Gasteiger partial charge in [-0.1, -0.05) is 152 Å². The van der Waals surface area contributed by atoms with E-state index >= 15 is 0 Å². The maximum Gasteiger partial charge on any atom is 0.131 e. The van der Waals surface area contributed by atoms with Crippen molar-refractivity contribution in [3.63, 3.8) is 0 Å². The highest BCUT2D eigenvalue weighted by atomic mass is 32.1. The molecule has 4 nitrogen and oxygen atoms in total. The van der Waals surface area contributed by atoms with Gasteiger partial charge in [-0.25, -0.2) is 4.99 Å². The Bertz CT molecular complexity index is 3320. The quantitative estimate of drug-likeness (QED) is 0.183. The van der Waals surface area contributed by atoms with Gasteiger partial charge in [0.15, 0.2) is 0 Å². The van der Waals surface area contributed by atoms with Crippen LogP contribution in [0.3, 0.4) is 0 Å². The van der Waals surface area contributed by atoms with Gasteiger partial charge in [-0.2, -0.15) is 0 Å². The maximum absolute atomic E-state index is 5.17. The van der Waals surface area contributed by atoms with Crippen LogP contribution in [-0.2, 0) is 0 Å². The fourth-order valence-corrected chi connectivity index (χ4v) is 11.5. The molecule has 6 heteroatoms. The Morgan fingerprint density at radius 2 is 1.14 bits per heavy atom. The Morgan fingerprint density at radius 1 is 0.491 bits per heavy atom. The van der Waals surface area contributed by atoms with E-state index in [-0.39, 0.29) is 12.3 Å². The van der Waals surface area contributed by atoms with Crippen molar-refractivity contribution in [3.05, 3.63) is 199 Å². The molecule has 57 heavy (non-hydrogen) atoms. The smallest absolute Gasteiger partial charge is 0.131 e. The van der Waals surface area contributed by atoms with Gasteiger partial charge in [0.2, 0.25) is 0 Å². The number of nitrogens with one attached hydrogen (secondary N) is 2. The van der Waals surface area contributed by atoms with E-state index in [1.807, 2.05) is 22.7 Å². The molecule has 0 saturated heterocycles. The Morgan fingerprint density at radius 3 is 1.95 bits per heavy atom. The molecule has 0 bridgehead atoms. The maximum atomic E-state index is 5.17. The van der Waals surface area contributed by atoms with Gasteiger partial charge in [-0.05, 0) is 41.5 Å². The molecule has 0 radical (unpaired) electrons. The van der Waals surface area contributed by atoms with Crippen LogP contribution in [0.1, 0.15) is 29.0 Å². The van der Waals surface area contributed by atoms with Crippen molar-refractivity contribution >= 4 is 90.7 Å². The van der Waals surface area contributed by atoms with Crippen molar-refractivity contribution in [2.75, 3.05) is 0 Å². The lowest BCUT2D eigenvalue weighted by Gasteiger charge is -2.32. The lowest BCUT2D eigenvalue weighted by molar-refractivity contribution is 0.411. The van der Waals surface area contributed by atoms with Gasteiger partial charge in [-0.15, -0.1) is 22.7 Å². The zero-order chi connectivity index (χ0) is 37.5. The molecule has 0 aliphatic carbocycles. The second kappa shape index (κ2) is 13.0. The summed E-state index contributed by atoms with van der Waals surface area (Å²) in [5.41, 5.74) is 9.64. The van der Waals surface area contributed by atoms with E-state index < -0.39 is 0 Å². The molecule has 270 valence electrons. The molecule has 2 atom stereocenters. The van der Waals surface area contributed by atoms with Crippen molar-refractivity contribution in [3.8, 4) is 16.8 Å². The monoisotopic (exact) mass is 766 g/mol. The Labute approximate surface area is 337 Å². The highest BCUT2D eigenvalue weighted by Crippen LogP contribution is 2.47. The molecule has 1 aliphatic rings. The molecular formula is C51H34N4S2. The van der Waals surface area contributed by atoms with Crippen LogP contribution in [0.2, 0.25) is 0 Å². The van der Waals surface area contributed by atoms with E-state index in [4.69, 9.17) is 4.99 Å². The first-order chi connectivity index (χ1) is 28.3. The first kappa shape index (κ1) is 32.7. The number of amidine groups is 1. The number of hydrogen-bond acceptors (Lipinski definition) is 5. The van der Waals surface area contributed by atoms with Gasteiger partial charge in [0.25, 0.3) is 0 Å². The molecule has 4 heterocycles. The van der Waals surface area contributed by atoms with Crippen molar-refractivity contribution in [2.45, 2.75) is 12.3 Å². The van der Waals surface area contributed by atoms with E-state index in [1.54, 1.807) is 0 Å². The molecule has 2 unspecified atom stereocenters. The molecule has 0 spiro atoms. The van der Waals surface area contributed by atoms with Gasteiger partial charge in [0.1, 0.15) is 18.2 Å². The minimum atomic E-state index is -0.186. The Hall–Kier alpha value is -6.57. The second-order valence-corrected chi connectivity index (χ2v) is 16.8. The molecular weight excluding hydrogens is 733 g/mol. The molecule has 3 aromatic heterocycles. The van der Waals surface area contributed by atoms with Gasteiger partial charge in [-0.3, -0.25) is 5.32 Å². The summed E-state index contributed by atoms with van der Waals surface area (Å²) in [4.78, 5) is 5.17. The number of benzene rings is 8. The standard InChI is InChI=1S/C51H34N4S2/c1-3-14-31(15-4-1)49-52-50(32-16-5-2-6-17-32)54-51(53-49)41-24-12-23-40-46-37(20-13-27-44(46)56-48(40)41)39-22-11-21-38-36-29-28-33(30-45(36)57-47(38)39)55-42-25-9-7-18-34(42)35-19-8-10-26-43(35)55/h1-30,49,51,53H,(H,52,54). The number of fused-ring (bicyclic) bond motifs is 9. The van der Waals surface area contributed by atoms with Crippen molar-refractivity contribution in [1.82, 2.24) is 15.2 Å². The minimum Gasteiger partial charge on any atom is -0.350 e. The normalized spacial score (nSPS) is 15.9. The zero-order valence-corrected chi connectivity index (χ0v) is 32.3. The number of hydrogen-bond donors (Lipinski definition) is 2. The summed E-state index contributed by atoms with van der Waals surface area (Å²) in [6, 6.07) is 65.9. The molecule has 2 N–H and O–H groups in total. The SMILES string of the molecule is c1ccc(C2=NC(c3ccccc3)NC(c3cccc4c3sc3cccc(-c5cccc6c5sc5cc(-n7c8ccccc8c8ccccc87)ccc56)c34)N2)cc1. The number of thiophene rings is 2. The number of nitrogens with zero attached hydrogens (tertiary/aromatic N) is 2. The topological polar surface area (TPSA) is 41.4 Å².